The molecule has 0 aliphatic carbocycles. The first-order valence-electron chi connectivity index (χ1n) is 11.2. The summed E-state index contributed by atoms with van der Waals surface area (Å²) in [5, 5.41) is 6.01. The molecule has 168 valence electrons. The smallest absolute Gasteiger partial charge is 0.179 e. The number of benzene rings is 1. The van der Waals surface area contributed by atoms with Gasteiger partial charge >= 0.3 is 0 Å². The van der Waals surface area contributed by atoms with Crippen molar-refractivity contribution in [3.05, 3.63) is 57.9 Å². The van der Waals surface area contributed by atoms with Gasteiger partial charge in [-0.25, -0.2) is 14.6 Å². The molecule has 1 unspecified atom stereocenters. The van der Waals surface area contributed by atoms with Gasteiger partial charge in [-0.1, -0.05) is 48.3 Å². The first-order valence-corrected chi connectivity index (χ1v) is 12.0. The fraction of sp³-hybridized carbons (Fsp3) is 0.458. The number of fused-ring (bicyclic) bond motifs is 1. The van der Waals surface area contributed by atoms with Crippen molar-refractivity contribution in [2.24, 2.45) is 5.92 Å². The maximum absolute atomic E-state index is 6.49. The molecule has 3 aromatic rings. The van der Waals surface area contributed by atoms with Crippen molar-refractivity contribution >= 4 is 40.2 Å². The van der Waals surface area contributed by atoms with Crippen LogP contribution in [-0.4, -0.2) is 56.9 Å². The number of anilines is 1. The molecule has 2 aromatic heterocycles. The molecule has 4 heterocycles. The second kappa shape index (κ2) is 8.65. The van der Waals surface area contributed by atoms with Crippen LogP contribution in [0.2, 0.25) is 10.0 Å². The minimum absolute atomic E-state index is 0.0900. The third-order valence-electron chi connectivity index (χ3n) is 6.84. The molecule has 0 radical (unpaired) electrons. The number of rotatable bonds is 4. The Balaban J connectivity index is 1.44. The van der Waals surface area contributed by atoms with Crippen LogP contribution in [0.3, 0.4) is 0 Å². The van der Waals surface area contributed by atoms with Crippen molar-refractivity contribution in [3.8, 4) is 0 Å². The van der Waals surface area contributed by atoms with Crippen molar-refractivity contribution in [2.75, 3.05) is 31.1 Å². The largest absolute Gasteiger partial charge is 0.355 e. The summed E-state index contributed by atoms with van der Waals surface area (Å²) < 4.78 is 1.93. The SMILES string of the molecule is Cc1nn(C(C)c2ccc(Cl)cc2Cl)c2nc(N3CC[C@H](N4CC=CC4)[C@H](C)C3)cnc12. The summed E-state index contributed by atoms with van der Waals surface area (Å²) in [6.07, 6.45) is 7.58. The second-order valence-electron chi connectivity index (χ2n) is 8.98. The molecule has 0 N–H and O–H groups in total. The van der Waals surface area contributed by atoms with Gasteiger partial charge in [-0.05, 0) is 43.9 Å². The molecule has 0 bridgehead atoms. The van der Waals surface area contributed by atoms with E-state index in [-0.39, 0.29) is 6.04 Å². The Morgan fingerprint density at radius 2 is 1.94 bits per heavy atom. The van der Waals surface area contributed by atoms with Crippen molar-refractivity contribution in [1.82, 2.24) is 24.6 Å². The van der Waals surface area contributed by atoms with Crippen LogP contribution < -0.4 is 4.90 Å². The van der Waals surface area contributed by atoms with Crippen molar-refractivity contribution in [2.45, 2.75) is 39.3 Å². The number of aryl methyl sites for hydroxylation is 1. The molecule has 2 aliphatic rings. The maximum atomic E-state index is 6.49. The van der Waals surface area contributed by atoms with Gasteiger partial charge in [0.1, 0.15) is 11.3 Å². The van der Waals surface area contributed by atoms with Crippen LogP contribution in [0, 0.1) is 12.8 Å². The summed E-state index contributed by atoms with van der Waals surface area (Å²) in [6, 6.07) is 6.11. The highest BCUT2D eigenvalue weighted by Crippen LogP contribution is 2.32. The highest BCUT2D eigenvalue weighted by Gasteiger charge is 2.31. The third kappa shape index (κ3) is 3.89. The van der Waals surface area contributed by atoms with E-state index in [1.165, 1.54) is 0 Å². The van der Waals surface area contributed by atoms with E-state index in [1.807, 2.05) is 29.9 Å². The van der Waals surface area contributed by atoms with E-state index in [4.69, 9.17) is 38.3 Å². The van der Waals surface area contributed by atoms with Crippen molar-refractivity contribution < 1.29 is 0 Å². The standard InChI is InChI=1S/C24H28Cl2N6/c1-15-14-31(11-8-21(15)30-9-4-5-10-30)22-13-27-23-16(2)29-32(24(23)28-22)17(3)19-7-6-18(25)12-20(19)26/h4-7,12-13,15,17,21H,8-11,14H2,1-3H3/t15-,17?,21+/m1/s1. The van der Waals surface area contributed by atoms with E-state index in [1.54, 1.807) is 6.07 Å². The Morgan fingerprint density at radius 1 is 1.16 bits per heavy atom. The van der Waals surface area contributed by atoms with E-state index >= 15 is 0 Å². The zero-order valence-corrected chi connectivity index (χ0v) is 20.2. The summed E-state index contributed by atoms with van der Waals surface area (Å²) in [6.45, 7) is 10.5. The van der Waals surface area contributed by atoms with Crippen molar-refractivity contribution in [3.63, 3.8) is 0 Å². The van der Waals surface area contributed by atoms with E-state index in [0.717, 1.165) is 60.8 Å². The Labute approximate surface area is 198 Å². The Morgan fingerprint density at radius 3 is 2.66 bits per heavy atom. The highest BCUT2D eigenvalue weighted by molar-refractivity contribution is 6.35. The first-order chi connectivity index (χ1) is 15.4. The molecule has 5 rings (SSSR count). The Kier molecular flexibility index (Phi) is 5.86. The number of nitrogens with zero attached hydrogens (tertiary/aromatic N) is 6. The van der Waals surface area contributed by atoms with Crippen molar-refractivity contribution in [1.29, 1.82) is 0 Å². The summed E-state index contributed by atoms with van der Waals surface area (Å²) >= 11 is 12.6. The van der Waals surface area contributed by atoms with Gasteiger partial charge < -0.3 is 4.90 Å². The summed E-state index contributed by atoms with van der Waals surface area (Å²) in [5.41, 5.74) is 3.44. The van der Waals surface area contributed by atoms with Gasteiger partial charge in [0, 0.05) is 42.3 Å². The van der Waals surface area contributed by atoms with Crippen LogP contribution >= 0.6 is 23.2 Å². The fourth-order valence-corrected chi connectivity index (χ4v) is 5.65. The average Bonchev–Trinajstić information content (AvgIpc) is 3.41. The molecule has 1 saturated heterocycles. The minimum atomic E-state index is -0.0900. The predicted molar refractivity (Wildman–Crippen MR) is 131 cm³/mol. The van der Waals surface area contributed by atoms with Gasteiger partial charge in [0.15, 0.2) is 5.65 Å². The summed E-state index contributed by atoms with van der Waals surface area (Å²) in [5.74, 6) is 1.48. The number of aromatic nitrogens is 4. The first kappa shape index (κ1) is 21.7. The predicted octanol–water partition coefficient (Wildman–Crippen LogP) is 5.14. The third-order valence-corrected chi connectivity index (χ3v) is 7.40. The molecule has 2 aliphatic heterocycles. The van der Waals surface area contributed by atoms with Gasteiger partial charge in [-0.2, -0.15) is 5.10 Å². The lowest BCUT2D eigenvalue weighted by Gasteiger charge is -2.41. The Bertz CT molecular complexity index is 1160. The zero-order chi connectivity index (χ0) is 22.4. The lowest BCUT2D eigenvalue weighted by Crippen LogP contribution is -2.49. The maximum Gasteiger partial charge on any atom is 0.179 e. The van der Waals surface area contributed by atoms with Crippen LogP contribution in [-0.2, 0) is 0 Å². The number of hydrogen-bond acceptors (Lipinski definition) is 5. The topological polar surface area (TPSA) is 50.1 Å². The normalized spacial score (nSPS) is 22.7. The van der Waals surface area contributed by atoms with E-state index < -0.39 is 0 Å². The van der Waals surface area contributed by atoms with Gasteiger partial charge in [-0.15, -0.1) is 0 Å². The average molecular weight is 471 g/mol. The summed E-state index contributed by atoms with van der Waals surface area (Å²) in [4.78, 5) is 14.7. The number of hydrogen-bond donors (Lipinski definition) is 0. The quantitative estimate of drug-likeness (QED) is 0.494. The minimum Gasteiger partial charge on any atom is -0.355 e. The van der Waals surface area contributed by atoms with E-state index in [9.17, 15) is 0 Å². The molecule has 8 heteroatoms. The van der Waals surface area contributed by atoms with Crippen LogP contribution in [0.4, 0.5) is 5.82 Å². The molecule has 3 atom stereocenters. The van der Waals surface area contributed by atoms with Gasteiger partial charge in [0.2, 0.25) is 0 Å². The van der Waals surface area contributed by atoms with Gasteiger partial charge in [-0.3, -0.25) is 4.90 Å². The van der Waals surface area contributed by atoms with Crippen LogP contribution in [0.5, 0.6) is 0 Å². The van der Waals surface area contributed by atoms with Crippen LogP contribution in [0.15, 0.2) is 36.5 Å². The molecule has 32 heavy (non-hydrogen) atoms. The monoisotopic (exact) mass is 470 g/mol. The molecule has 0 spiro atoms. The fourth-order valence-electron chi connectivity index (χ4n) is 5.09. The van der Waals surface area contributed by atoms with E-state index in [2.05, 4.69) is 35.8 Å². The lowest BCUT2D eigenvalue weighted by molar-refractivity contribution is 0.165. The van der Waals surface area contributed by atoms with Crippen LogP contribution in [0.25, 0.3) is 11.2 Å². The second-order valence-corrected chi connectivity index (χ2v) is 9.82. The molecule has 0 amide bonds. The van der Waals surface area contributed by atoms with Gasteiger partial charge in [0.05, 0.1) is 17.9 Å². The highest BCUT2D eigenvalue weighted by atomic mass is 35.5. The number of piperidine rings is 1. The Hall–Kier alpha value is -2.15. The molecular formula is C24H28Cl2N6. The molecule has 6 nitrogen and oxygen atoms in total. The lowest BCUT2D eigenvalue weighted by atomic mass is 9.92. The molecule has 1 fully saturated rings. The number of halogens is 2. The van der Waals surface area contributed by atoms with Crippen LogP contribution in [0.1, 0.15) is 37.6 Å². The van der Waals surface area contributed by atoms with E-state index in [0.29, 0.717) is 22.0 Å². The zero-order valence-electron chi connectivity index (χ0n) is 18.7. The molecule has 0 saturated carbocycles. The molecule has 1 aromatic carbocycles. The summed E-state index contributed by atoms with van der Waals surface area (Å²) in [7, 11) is 0. The molecular weight excluding hydrogens is 443 g/mol. The van der Waals surface area contributed by atoms with Gasteiger partial charge in [0.25, 0.3) is 0 Å².